The Hall–Kier alpha value is -3.48. The highest BCUT2D eigenvalue weighted by molar-refractivity contribution is 6.13. The van der Waals surface area contributed by atoms with Gasteiger partial charge in [0, 0.05) is 31.8 Å². The fourth-order valence-electron chi connectivity index (χ4n) is 2.54. The highest BCUT2D eigenvalue weighted by Gasteiger charge is 2.23. The lowest BCUT2D eigenvalue weighted by molar-refractivity contribution is -0.118. The average molecular weight is 351 g/mol. The molecule has 1 aromatic carbocycles. The number of benzene rings is 1. The number of rotatable bonds is 6. The Morgan fingerprint density at radius 3 is 2.54 bits per heavy atom. The third-order valence-corrected chi connectivity index (χ3v) is 3.94. The summed E-state index contributed by atoms with van der Waals surface area (Å²) in [7, 11) is 1.49. The zero-order valence-corrected chi connectivity index (χ0v) is 14.1. The van der Waals surface area contributed by atoms with E-state index in [1.54, 1.807) is 30.3 Å². The van der Waals surface area contributed by atoms with E-state index in [4.69, 9.17) is 4.42 Å². The maximum absolute atomic E-state index is 12.4. The Morgan fingerprint density at radius 2 is 1.88 bits per heavy atom. The van der Waals surface area contributed by atoms with Gasteiger partial charge in [0.2, 0.25) is 0 Å². The Labute approximate surface area is 149 Å². The summed E-state index contributed by atoms with van der Waals surface area (Å²) in [5.74, 6) is -0.806. The summed E-state index contributed by atoms with van der Waals surface area (Å²) in [6, 6.07) is 8.59. The van der Waals surface area contributed by atoms with Crippen LogP contribution in [-0.2, 0) is 16.0 Å². The van der Waals surface area contributed by atoms with Gasteiger partial charge in [-0.2, -0.15) is 0 Å². The second-order valence-electron chi connectivity index (χ2n) is 5.69. The first kappa shape index (κ1) is 17.3. The first-order valence-electron chi connectivity index (χ1n) is 8.02. The molecule has 0 saturated carbocycles. The van der Waals surface area contributed by atoms with Gasteiger partial charge in [0.1, 0.15) is 12.0 Å². The van der Waals surface area contributed by atoms with Gasteiger partial charge < -0.3 is 15.1 Å². The molecule has 0 atom stereocenters. The largest absolute Gasteiger partial charge is 0.472 e. The van der Waals surface area contributed by atoms with E-state index >= 15 is 0 Å². The average Bonchev–Trinajstić information content (AvgIpc) is 3.34. The minimum Gasteiger partial charge on any atom is -0.472 e. The molecule has 3 rings (SSSR count). The van der Waals surface area contributed by atoms with Crippen molar-refractivity contribution in [1.82, 2.24) is 5.32 Å². The second-order valence-corrected chi connectivity index (χ2v) is 5.69. The Morgan fingerprint density at radius 1 is 1.12 bits per heavy atom. The van der Waals surface area contributed by atoms with Crippen molar-refractivity contribution in [2.45, 2.75) is 12.8 Å². The number of anilines is 1. The topological polar surface area (TPSA) is 101 Å². The molecular weight excluding hydrogens is 334 g/mol. The highest BCUT2D eigenvalue weighted by atomic mass is 16.3. The molecule has 0 spiro atoms. The normalized spacial score (nSPS) is 13.0. The predicted octanol–water partition coefficient (Wildman–Crippen LogP) is 2.12. The molecule has 1 aliphatic rings. The maximum atomic E-state index is 12.4. The number of hydrogen-bond donors (Lipinski definition) is 2. The molecule has 0 radical (unpaired) electrons. The van der Waals surface area contributed by atoms with Crippen LogP contribution in [0.3, 0.4) is 0 Å². The molecule has 2 heterocycles. The molecule has 0 aliphatic carbocycles. The lowest BCUT2D eigenvalue weighted by Crippen LogP contribution is -2.23. The van der Waals surface area contributed by atoms with Crippen LogP contribution in [0.25, 0.3) is 0 Å². The number of nitrogens with one attached hydrogen (secondary N) is 2. The fraction of sp³-hybridized carbons (Fsp3) is 0.158. The number of carbonyl (C=O) groups is 3. The molecule has 1 aliphatic heterocycles. The molecule has 2 N–H and O–H groups in total. The molecule has 7 heteroatoms. The number of nitrogens with zero attached hydrogens (tertiary/aromatic N) is 1. The van der Waals surface area contributed by atoms with Gasteiger partial charge in [0.05, 0.1) is 17.4 Å². The van der Waals surface area contributed by atoms with Crippen LogP contribution in [0.2, 0.25) is 0 Å². The maximum Gasteiger partial charge on any atom is 0.270 e. The van der Waals surface area contributed by atoms with Gasteiger partial charge in [-0.25, -0.2) is 0 Å². The first-order valence-corrected chi connectivity index (χ1v) is 8.02. The molecule has 7 nitrogen and oxygen atoms in total. The van der Waals surface area contributed by atoms with E-state index in [1.165, 1.54) is 25.8 Å². The number of furan rings is 1. The molecule has 132 valence electrons. The van der Waals surface area contributed by atoms with Gasteiger partial charge in [-0.15, -0.1) is 0 Å². The van der Waals surface area contributed by atoms with Crippen molar-refractivity contribution in [2.75, 3.05) is 12.4 Å². The second kappa shape index (κ2) is 7.60. The minimum absolute atomic E-state index is 0.0426. The van der Waals surface area contributed by atoms with Crippen molar-refractivity contribution in [1.29, 1.82) is 0 Å². The van der Waals surface area contributed by atoms with Gasteiger partial charge in [-0.05, 0) is 23.8 Å². The summed E-state index contributed by atoms with van der Waals surface area (Å²) in [6.45, 7) is 0. The van der Waals surface area contributed by atoms with Gasteiger partial charge in [0.25, 0.3) is 11.8 Å². The first-order chi connectivity index (χ1) is 12.6. The molecule has 0 saturated heterocycles. The van der Waals surface area contributed by atoms with E-state index in [-0.39, 0.29) is 23.8 Å². The summed E-state index contributed by atoms with van der Waals surface area (Å²) in [5, 5.41) is 5.21. The van der Waals surface area contributed by atoms with Crippen molar-refractivity contribution in [3.05, 3.63) is 65.3 Å². The molecule has 0 unspecified atom stereocenters. The third kappa shape index (κ3) is 3.77. The molecule has 26 heavy (non-hydrogen) atoms. The molecule has 2 amide bonds. The zero-order chi connectivity index (χ0) is 18.5. The molecular formula is C19H17N3O4. The van der Waals surface area contributed by atoms with Crippen LogP contribution >= 0.6 is 0 Å². The zero-order valence-electron chi connectivity index (χ0n) is 14.1. The van der Waals surface area contributed by atoms with Crippen LogP contribution in [0.15, 0.2) is 63.5 Å². The molecule has 2 aromatic rings. The van der Waals surface area contributed by atoms with Crippen molar-refractivity contribution < 1.29 is 18.8 Å². The number of likely N-dealkylation sites (N-methyl/N-ethyl adjacent to an activating group) is 1. The summed E-state index contributed by atoms with van der Waals surface area (Å²) < 4.78 is 4.91. The van der Waals surface area contributed by atoms with Crippen LogP contribution in [0, 0.1) is 0 Å². The van der Waals surface area contributed by atoms with Gasteiger partial charge >= 0.3 is 0 Å². The number of aliphatic imine (C=N–C) groups is 1. The van der Waals surface area contributed by atoms with E-state index in [9.17, 15) is 14.4 Å². The lowest BCUT2D eigenvalue weighted by atomic mass is 10.0. The number of carbonyl (C=O) groups excluding carboxylic acids is 3. The Balaban J connectivity index is 1.65. The summed E-state index contributed by atoms with van der Waals surface area (Å²) in [4.78, 5) is 40.1. The van der Waals surface area contributed by atoms with Crippen molar-refractivity contribution in [2.24, 2.45) is 4.99 Å². The number of ketones is 1. The predicted molar refractivity (Wildman–Crippen MR) is 96.0 cm³/mol. The van der Waals surface area contributed by atoms with E-state index in [1.807, 2.05) is 0 Å². The number of hydrogen-bond acceptors (Lipinski definition) is 5. The SMILES string of the molecule is CNC(=O)C1=C(C(=O)Nc2ccc(CC(=O)c3ccoc3)cc2)CC=N1. The highest BCUT2D eigenvalue weighted by Crippen LogP contribution is 2.19. The van der Waals surface area contributed by atoms with Crippen molar-refractivity contribution in [3.8, 4) is 0 Å². The molecule has 1 aromatic heterocycles. The lowest BCUT2D eigenvalue weighted by Gasteiger charge is -2.08. The van der Waals surface area contributed by atoms with Gasteiger partial charge in [-0.1, -0.05) is 12.1 Å². The van der Waals surface area contributed by atoms with Crippen molar-refractivity contribution in [3.63, 3.8) is 0 Å². The quantitative estimate of drug-likeness (QED) is 0.779. The standard InChI is InChI=1S/C19H17N3O4/c1-20-19(25)17-15(6-8-21-17)18(24)22-14-4-2-12(3-5-14)10-16(23)13-7-9-26-11-13/h2-5,7-9,11H,6,10H2,1H3,(H,20,25)(H,22,24). The van der Waals surface area contributed by atoms with Gasteiger partial charge in [-0.3, -0.25) is 19.4 Å². The number of amides is 2. The smallest absolute Gasteiger partial charge is 0.270 e. The van der Waals surface area contributed by atoms with Gasteiger partial charge in [0.15, 0.2) is 5.78 Å². The number of Topliss-reactive ketones (excluding diaryl/α,β-unsaturated/α-hetero) is 1. The fourth-order valence-corrected chi connectivity index (χ4v) is 2.54. The Kier molecular flexibility index (Phi) is 5.07. The Bertz CT molecular complexity index is 893. The van der Waals surface area contributed by atoms with E-state index < -0.39 is 5.91 Å². The third-order valence-electron chi connectivity index (χ3n) is 3.94. The molecule has 0 bridgehead atoms. The van der Waals surface area contributed by atoms with Crippen LogP contribution < -0.4 is 10.6 Å². The van der Waals surface area contributed by atoms with Crippen LogP contribution in [0.1, 0.15) is 22.3 Å². The summed E-state index contributed by atoms with van der Waals surface area (Å²) >= 11 is 0. The molecule has 0 fully saturated rings. The summed E-state index contributed by atoms with van der Waals surface area (Å²) in [6.07, 6.45) is 4.96. The van der Waals surface area contributed by atoms with Crippen LogP contribution in [0.5, 0.6) is 0 Å². The van der Waals surface area contributed by atoms with Crippen LogP contribution in [0.4, 0.5) is 5.69 Å². The monoisotopic (exact) mass is 351 g/mol. The van der Waals surface area contributed by atoms with E-state index in [2.05, 4.69) is 15.6 Å². The van der Waals surface area contributed by atoms with E-state index in [0.717, 1.165) is 5.56 Å². The minimum atomic E-state index is -0.392. The van der Waals surface area contributed by atoms with Crippen molar-refractivity contribution >= 4 is 29.5 Å². The summed E-state index contributed by atoms with van der Waals surface area (Å²) in [5.41, 5.74) is 2.38. The van der Waals surface area contributed by atoms with E-state index in [0.29, 0.717) is 23.2 Å². The van der Waals surface area contributed by atoms with Crippen LogP contribution in [-0.4, -0.2) is 30.9 Å².